The molecule has 0 saturated heterocycles. The lowest BCUT2D eigenvalue weighted by Gasteiger charge is -2.15. The largest absolute Gasteiger partial charge is 0.300 e. The van der Waals surface area contributed by atoms with E-state index in [0.717, 1.165) is 0 Å². The first kappa shape index (κ1) is 10.2. The van der Waals surface area contributed by atoms with Crippen LogP contribution in [0.3, 0.4) is 0 Å². The van der Waals surface area contributed by atoms with E-state index in [4.69, 9.17) is 2.74 Å². The molecule has 0 aliphatic carbocycles. The van der Waals surface area contributed by atoms with Gasteiger partial charge in [0, 0.05) is 27.2 Å². The molecule has 0 aromatic carbocycles. The standard InChI is InChI=1S/C11H13NO3S2/c1-2-7(13)4-3-5-12-10(14)8-9(11(12)15)17-6-16-8/h2-6H2,1H3/i1TD. The molecule has 17 heavy (non-hydrogen) atoms. The molecular formula is C11H13NO3S2. The number of hydrogen-bond donors (Lipinski definition) is 0. The highest BCUT2D eigenvalue weighted by atomic mass is 32.2. The van der Waals surface area contributed by atoms with Crippen molar-refractivity contribution in [1.82, 2.24) is 4.90 Å². The summed E-state index contributed by atoms with van der Waals surface area (Å²) in [7, 11) is 0. The molecule has 0 radical (unpaired) electrons. The van der Waals surface area contributed by atoms with Gasteiger partial charge in [0.2, 0.25) is 0 Å². The number of nitrogens with zero attached hydrogens (tertiary/aromatic N) is 1. The lowest BCUT2D eigenvalue weighted by Crippen LogP contribution is -2.33. The van der Waals surface area contributed by atoms with Crippen molar-refractivity contribution < 1.29 is 17.1 Å². The summed E-state index contributed by atoms with van der Waals surface area (Å²) in [5, 5.41) is 0.711. The average molecular weight is 274 g/mol. The normalized spacial score (nSPS) is 22.7. The summed E-state index contributed by atoms with van der Waals surface area (Å²) in [5.74, 6) is -0.666. The molecule has 2 aliphatic heterocycles. The first-order chi connectivity index (χ1) is 9.00. The summed E-state index contributed by atoms with van der Waals surface area (Å²) in [5.41, 5.74) is 0. The van der Waals surface area contributed by atoms with E-state index in [9.17, 15) is 14.4 Å². The van der Waals surface area contributed by atoms with Crippen molar-refractivity contribution in [3.63, 3.8) is 0 Å². The zero-order chi connectivity index (χ0) is 14.0. The fourth-order valence-corrected chi connectivity index (χ4v) is 4.11. The molecular weight excluding hydrogens is 258 g/mol. The van der Waals surface area contributed by atoms with E-state index < -0.39 is 6.88 Å². The van der Waals surface area contributed by atoms with Gasteiger partial charge in [0.05, 0.1) is 9.81 Å². The van der Waals surface area contributed by atoms with Gasteiger partial charge >= 0.3 is 0 Å². The molecule has 2 amide bonds. The van der Waals surface area contributed by atoms with Gasteiger partial charge < -0.3 is 0 Å². The first-order valence-corrected chi connectivity index (χ1v) is 7.20. The maximum Gasteiger partial charge on any atom is 0.268 e. The second-order valence-corrected chi connectivity index (χ2v) is 6.01. The van der Waals surface area contributed by atoms with Crippen molar-refractivity contribution in [2.45, 2.75) is 26.1 Å². The molecule has 1 unspecified atom stereocenters. The summed E-state index contributed by atoms with van der Waals surface area (Å²) >= 11 is 2.78. The Kier molecular flexibility index (Phi) is 3.16. The van der Waals surface area contributed by atoms with E-state index in [1.54, 1.807) is 0 Å². The van der Waals surface area contributed by atoms with Crippen LogP contribution in [0.15, 0.2) is 9.81 Å². The maximum atomic E-state index is 11.9. The van der Waals surface area contributed by atoms with E-state index >= 15 is 0 Å². The summed E-state index contributed by atoms with van der Waals surface area (Å²) < 4.78 is 14.0. The van der Waals surface area contributed by atoms with Gasteiger partial charge in [0.25, 0.3) is 11.8 Å². The van der Waals surface area contributed by atoms with Crippen LogP contribution in [0.25, 0.3) is 0 Å². The second-order valence-electron chi connectivity index (χ2n) is 3.67. The molecule has 1 atom stereocenters. The van der Waals surface area contributed by atoms with Crippen LogP contribution < -0.4 is 0 Å². The Balaban J connectivity index is 1.81. The van der Waals surface area contributed by atoms with Crippen LogP contribution in [0.2, 0.25) is 0 Å². The summed E-state index contributed by atoms with van der Waals surface area (Å²) in [6, 6.07) is 0. The van der Waals surface area contributed by atoms with Gasteiger partial charge in [-0.3, -0.25) is 19.3 Å². The van der Waals surface area contributed by atoms with Crippen LogP contribution in [0.4, 0.5) is 0 Å². The molecule has 0 aromatic heterocycles. The van der Waals surface area contributed by atoms with Gasteiger partial charge in [-0.1, -0.05) is 6.88 Å². The molecule has 0 aromatic rings. The number of carbonyl (C=O) groups is 3. The van der Waals surface area contributed by atoms with E-state index in [1.165, 1.54) is 28.4 Å². The van der Waals surface area contributed by atoms with E-state index in [0.29, 0.717) is 21.3 Å². The predicted molar refractivity (Wildman–Crippen MR) is 68.3 cm³/mol. The Morgan fingerprint density at radius 2 is 2.12 bits per heavy atom. The Labute approximate surface area is 111 Å². The fourth-order valence-electron chi connectivity index (χ4n) is 1.67. The molecule has 0 N–H and O–H groups in total. The molecule has 2 heterocycles. The van der Waals surface area contributed by atoms with Gasteiger partial charge in [0.15, 0.2) is 0 Å². The lowest BCUT2D eigenvalue weighted by atomic mass is 10.2. The molecule has 2 rings (SSSR count). The van der Waals surface area contributed by atoms with Crippen molar-refractivity contribution in [1.29, 1.82) is 0 Å². The van der Waals surface area contributed by atoms with Crippen molar-refractivity contribution in [2.24, 2.45) is 0 Å². The minimum absolute atomic E-state index is 0.0949. The molecule has 4 nitrogen and oxygen atoms in total. The zero-order valence-corrected chi connectivity index (χ0v) is 10.7. The maximum absolute atomic E-state index is 11.9. The second kappa shape index (κ2) is 5.27. The minimum Gasteiger partial charge on any atom is -0.300 e. The van der Waals surface area contributed by atoms with Crippen LogP contribution in [0, 0.1) is 0 Å². The molecule has 2 aliphatic rings. The SMILES string of the molecule is [2H]C([3H])CC(=O)CCCN1C(=O)C2=C(SCS2)C1=O. The number of hydrogen-bond acceptors (Lipinski definition) is 5. The van der Waals surface area contributed by atoms with Gasteiger partial charge in [-0.05, 0) is 6.42 Å². The summed E-state index contributed by atoms with van der Waals surface area (Å²) in [4.78, 5) is 37.4. The van der Waals surface area contributed by atoms with Crippen LogP contribution in [-0.4, -0.2) is 34.1 Å². The van der Waals surface area contributed by atoms with Crippen LogP contribution in [0.5, 0.6) is 0 Å². The van der Waals surface area contributed by atoms with Gasteiger partial charge in [-0.25, -0.2) is 0 Å². The molecule has 0 fully saturated rings. The van der Waals surface area contributed by atoms with E-state index in [2.05, 4.69) is 0 Å². The third kappa shape index (κ3) is 2.42. The Morgan fingerprint density at radius 1 is 1.47 bits per heavy atom. The molecule has 0 bridgehead atoms. The lowest BCUT2D eigenvalue weighted by molar-refractivity contribution is -0.137. The van der Waals surface area contributed by atoms with E-state index in [1.807, 2.05) is 0 Å². The number of amides is 2. The van der Waals surface area contributed by atoms with Gasteiger partial charge in [-0.2, -0.15) is 0 Å². The monoisotopic (exact) mass is 274 g/mol. The number of carbonyl (C=O) groups excluding carboxylic acids is 3. The number of thioether (sulfide) groups is 2. The summed E-state index contributed by atoms with van der Waals surface area (Å²) in [6.45, 7) is -0.904. The third-order valence-corrected chi connectivity index (χ3v) is 4.96. The number of ketones is 1. The average Bonchev–Trinajstić information content (AvgIpc) is 2.87. The fraction of sp³-hybridized carbons (Fsp3) is 0.545. The molecule has 92 valence electrons. The predicted octanol–water partition coefficient (Wildman–Crippen LogP) is 1.76. The Morgan fingerprint density at radius 3 is 2.71 bits per heavy atom. The quantitative estimate of drug-likeness (QED) is 0.715. The van der Waals surface area contributed by atoms with Gasteiger partial charge in [0.1, 0.15) is 5.78 Å². The number of Topliss-reactive ketones (excluding diaryl/α,β-unsaturated/α-hetero) is 1. The van der Waals surface area contributed by atoms with Crippen molar-refractivity contribution in [3.05, 3.63) is 9.81 Å². The Hall–Kier alpha value is -0.750. The molecule has 0 spiro atoms. The molecule has 6 heteroatoms. The highest BCUT2D eigenvalue weighted by molar-refractivity contribution is 8.23. The Bertz CT molecular complexity index is 439. The highest BCUT2D eigenvalue weighted by Crippen LogP contribution is 2.44. The number of rotatable bonds is 5. The van der Waals surface area contributed by atoms with Crippen LogP contribution >= 0.6 is 23.5 Å². The van der Waals surface area contributed by atoms with E-state index in [-0.39, 0.29) is 37.0 Å². The minimum atomic E-state index is -1.14. The third-order valence-electron chi connectivity index (χ3n) is 2.56. The van der Waals surface area contributed by atoms with Gasteiger partial charge in [-0.15, -0.1) is 23.5 Å². The van der Waals surface area contributed by atoms with Crippen molar-refractivity contribution >= 4 is 41.1 Å². The molecule has 0 saturated carbocycles. The van der Waals surface area contributed by atoms with Crippen LogP contribution in [-0.2, 0) is 14.4 Å². The zero-order valence-electron chi connectivity index (χ0n) is 11.1. The topological polar surface area (TPSA) is 54.5 Å². The van der Waals surface area contributed by atoms with Crippen LogP contribution in [0.1, 0.15) is 28.9 Å². The first-order valence-electron chi connectivity index (χ1n) is 6.38. The highest BCUT2D eigenvalue weighted by Gasteiger charge is 2.41. The van der Waals surface area contributed by atoms with Crippen molar-refractivity contribution in [2.75, 3.05) is 11.6 Å². The van der Waals surface area contributed by atoms with Crippen molar-refractivity contribution in [3.8, 4) is 0 Å². The number of imide groups is 1. The smallest absolute Gasteiger partial charge is 0.268 e. The summed E-state index contributed by atoms with van der Waals surface area (Å²) in [6.07, 6.45) is 0.511.